The predicted molar refractivity (Wildman–Crippen MR) is 133 cm³/mol. The molecule has 31 heavy (non-hydrogen) atoms. The van der Waals surface area contributed by atoms with E-state index in [4.69, 9.17) is 22.4 Å². The molecule has 3 aromatic rings. The average Bonchev–Trinajstić information content (AvgIpc) is 3.07. The summed E-state index contributed by atoms with van der Waals surface area (Å²) in [5.74, 6) is 6.41. The van der Waals surface area contributed by atoms with Crippen LogP contribution in [-0.2, 0) is 19.3 Å². The summed E-state index contributed by atoms with van der Waals surface area (Å²) in [6.45, 7) is 5.05. The normalized spacial score (nSPS) is 15.9. The first-order chi connectivity index (χ1) is 15.0. The highest BCUT2D eigenvalue weighted by atomic mass is 35.5. The quantitative estimate of drug-likeness (QED) is 0.330. The van der Waals surface area contributed by atoms with Crippen LogP contribution in [0, 0.1) is 5.92 Å². The van der Waals surface area contributed by atoms with E-state index in [0.717, 1.165) is 41.1 Å². The van der Waals surface area contributed by atoms with Crippen LogP contribution in [0.5, 0.6) is 0 Å². The van der Waals surface area contributed by atoms with Crippen LogP contribution < -0.4 is 16.6 Å². The van der Waals surface area contributed by atoms with Crippen molar-refractivity contribution in [3.8, 4) is 0 Å². The molecule has 4 N–H and O–H groups in total. The molecule has 0 bridgehead atoms. The third kappa shape index (κ3) is 5.36. The molecule has 4 nitrogen and oxygen atoms in total. The van der Waals surface area contributed by atoms with Crippen LogP contribution in [0.4, 0.5) is 5.00 Å². The number of fused-ring (bicyclic) bond motifs is 1. The van der Waals surface area contributed by atoms with Crippen LogP contribution in [0.25, 0.3) is 0 Å². The average molecular weight is 453 g/mol. The van der Waals surface area contributed by atoms with Gasteiger partial charge in [0.05, 0.1) is 17.3 Å². The number of halogens is 1. The molecule has 1 aliphatic rings. The number of rotatable bonds is 7. The number of aryl methyl sites for hydroxylation is 2. The Bertz CT molecular complexity index is 1060. The SMILES string of the molecule is CC(C)Cc1ccc(CCc2cc3c(s2)NC(NN)CN=C3c2ccccc2Cl)cc1. The number of anilines is 1. The van der Waals surface area contributed by atoms with Gasteiger partial charge in [0, 0.05) is 21.0 Å². The van der Waals surface area contributed by atoms with Gasteiger partial charge in [-0.25, -0.2) is 5.43 Å². The van der Waals surface area contributed by atoms with Gasteiger partial charge in [0.1, 0.15) is 6.17 Å². The molecule has 0 saturated carbocycles. The maximum absolute atomic E-state index is 6.50. The van der Waals surface area contributed by atoms with Crippen molar-refractivity contribution in [2.75, 3.05) is 11.9 Å². The summed E-state index contributed by atoms with van der Waals surface area (Å²) in [6.07, 6.45) is 3.01. The van der Waals surface area contributed by atoms with Crippen molar-refractivity contribution in [2.24, 2.45) is 16.8 Å². The van der Waals surface area contributed by atoms with E-state index in [1.165, 1.54) is 16.0 Å². The van der Waals surface area contributed by atoms with Crippen molar-refractivity contribution in [1.82, 2.24) is 5.43 Å². The van der Waals surface area contributed by atoms with Gasteiger partial charge in [-0.1, -0.05) is 67.9 Å². The highest BCUT2D eigenvalue weighted by Crippen LogP contribution is 2.34. The predicted octanol–water partition coefficient (Wildman–Crippen LogP) is 5.44. The van der Waals surface area contributed by atoms with E-state index in [-0.39, 0.29) is 6.17 Å². The lowest BCUT2D eigenvalue weighted by molar-refractivity contribution is 0.597. The minimum atomic E-state index is -0.112. The standard InChI is InChI=1S/C25H29ClN4S/c1-16(2)13-18-9-7-17(8-10-18)11-12-19-14-21-24(20-5-3-4-6-22(20)26)28-15-23(30-27)29-25(21)31-19/h3-10,14,16,23,29-30H,11-13,15,27H2,1-2H3. The fourth-order valence-electron chi connectivity index (χ4n) is 3.88. The number of thiophene rings is 1. The number of nitrogens with one attached hydrogen (secondary N) is 2. The number of hydrogen-bond donors (Lipinski definition) is 3. The Balaban J connectivity index is 1.55. The molecule has 0 radical (unpaired) electrons. The van der Waals surface area contributed by atoms with Crippen molar-refractivity contribution < 1.29 is 0 Å². The lowest BCUT2D eigenvalue weighted by atomic mass is 10.00. The molecule has 0 spiro atoms. The van der Waals surface area contributed by atoms with E-state index in [2.05, 4.69) is 54.9 Å². The van der Waals surface area contributed by atoms with Crippen molar-refractivity contribution in [1.29, 1.82) is 0 Å². The van der Waals surface area contributed by atoms with Crippen LogP contribution >= 0.6 is 22.9 Å². The van der Waals surface area contributed by atoms with Crippen molar-refractivity contribution in [2.45, 2.75) is 39.3 Å². The van der Waals surface area contributed by atoms with Crippen molar-refractivity contribution in [3.05, 3.63) is 86.8 Å². The molecule has 4 rings (SSSR count). The van der Waals surface area contributed by atoms with Gasteiger partial charge in [-0.2, -0.15) is 0 Å². The van der Waals surface area contributed by atoms with Crippen molar-refractivity contribution >= 4 is 33.7 Å². The zero-order valence-corrected chi connectivity index (χ0v) is 19.6. The van der Waals surface area contributed by atoms with Gasteiger partial charge in [0.15, 0.2) is 0 Å². The summed E-state index contributed by atoms with van der Waals surface area (Å²) < 4.78 is 0. The van der Waals surface area contributed by atoms with Crippen LogP contribution in [0.3, 0.4) is 0 Å². The lowest BCUT2D eigenvalue weighted by Gasteiger charge is -2.13. The highest BCUT2D eigenvalue weighted by molar-refractivity contribution is 7.16. The Labute approximate surface area is 193 Å². The van der Waals surface area contributed by atoms with Gasteiger partial charge in [0.2, 0.25) is 0 Å². The molecule has 0 fully saturated rings. The fraction of sp³-hybridized carbons (Fsp3) is 0.320. The second-order valence-corrected chi connectivity index (χ2v) is 9.95. The van der Waals surface area contributed by atoms with Gasteiger partial charge in [-0.15, -0.1) is 11.3 Å². The first kappa shape index (κ1) is 22.0. The monoisotopic (exact) mass is 452 g/mol. The fourth-order valence-corrected chi connectivity index (χ4v) is 5.21. The summed E-state index contributed by atoms with van der Waals surface area (Å²) in [7, 11) is 0. The van der Waals surface area contributed by atoms with E-state index in [1.807, 2.05) is 24.3 Å². The van der Waals surface area contributed by atoms with Crippen LogP contribution in [0.1, 0.15) is 41.0 Å². The molecule has 1 unspecified atom stereocenters. The molecule has 2 aromatic carbocycles. The first-order valence-corrected chi connectivity index (χ1v) is 12.0. The topological polar surface area (TPSA) is 62.4 Å². The molecule has 2 heterocycles. The summed E-state index contributed by atoms with van der Waals surface area (Å²) in [6, 6.07) is 19.2. The minimum absolute atomic E-state index is 0.112. The van der Waals surface area contributed by atoms with Crippen LogP contribution in [0.15, 0.2) is 59.6 Å². The van der Waals surface area contributed by atoms with E-state index in [9.17, 15) is 0 Å². The number of nitrogens with zero attached hydrogens (tertiary/aromatic N) is 1. The molecular formula is C25H29ClN4S. The largest absolute Gasteiger partial charge is 0.358 e. The highest BCUT2D eigenvalue weighted by Gasteiger charge is 2.23. The molecule has 1 aliphatic heterocycles. The minimum Gasteiger partial charge on any atom is -0.358 e. The number of hydrazine groups is 1. The Kier molecular flexibility index (Phi) is 7.08. The van der Waals surface area contributed by atoms with Gasteiger partial charge in [-0.05, 0) is 48.4 Å². The number of nitrogens with two attached hydrogens (primary N) is 1. The van der Waals surface area contributed by atoms with Gasteiger partial charge < -0.3 is 5.32 Å². The summed E-state index contributed by atoms with van der Waals surface area (Å²) in [4.78, 5) is 6.17. The molecule has 0 amide bonds. The van der Waals surface area contributed by atoms with Crippen LogP contribution in [-0.4, -0.2) is 18.4 Å². The Morgan fingerprint density at radius 1 is 1.10 bits per heavy atom. The van der Waals surface area contributed by atoms with Gasteiger partial charge in [-0.3, -0.25) is 10.8 Å². The molecule has 6 heteroatoms. The molecule has 1 atom stereocenters. The second-order valence-electron chi connectivity index (χ2n) is 8.40. The molecular weight excluding hydrogens is 424 g/mol. The van der Waals surface area contributed by atoms with Gasteiger partial charge in [0.25, 0.3) is 0 Å². The smallest absolute Gasteiger partial charge is 0.110 e. The molecule has 0 aliphatic carbocycles. The van der Waals surface area contributed by atoms with E-state index < -0.39 is 0 Å². The lowest BCUT2D eigenvalue weighted by Crippen LogP contribution is -2.42. The second kappa shape index (κ2) is 9.96. The van der Waals surface area contributed by atoms with E-state index in [0.29, 0.717) is 17.5 Å². The number of hydrogen-bond acceptors (Lipinski definition) is 5. The Hall–Kier alpha value is -2.18. The number of benzene rings is 2. The van der Waals surface area contributed by atoms with Gasteiger partial charge >= 0.3 is 0 Å². The van der Waals surface area contributed by atoms with Crippen LogP contribution in [0.2, 0.25) is 5.02 Å². The molecule has 1 aromatic heterocycles. The summed E-state index contributed by atoms with van der Waals surface area (Å²) >= 11 is 8.27. The maximum Gasteiger partial charge on any atom is 0.110 e. The third-order valence-electron chi connectivity index (χ3n) is 5.43. The molecule has 162 valence electrons. The third-order valence-corrected chi connectivity index (χ3v) is 6.89. The summed E-state index contributed by atoms with van der Waals surface area (Å²) in [5, 5.41) is 5.29. The molecule has 0 saturated heterocycles. The Morgan fingerprint density at radius 2 is 1.84 bits per heavy atom. The maximum atomic E-state index is 6.50. The zero-order chi connectivity index (χ0) is 21.8. The number of aliphatic imine (C=N–C) groups is 1. The summed E-state index contributed by atoms with van der Waals surface area (Å²) in [5.41, 5.74) is 8.56. The van der Waals surface area contributed by atoms with E-state index in [1.54, 1.807) is 11.3 Å². The Morgan fingerprint density at radius 3 is 2.55 bits per heavy atom. The van der Waals surface area contributed by atoms with Crippen molar-refractivity contribution in [3.63, 3.8) is 0 Å². The zero-order valence-electron chi connectivity index (χ0n) is 18.0. The van der Waals surface area contributed by atoms with E-state index >= 15 is 0 Å². The first-order valence-electron chi connectivity index (χ1n) is 10.8.